The Bertz CT molecular complexity index is 1920. The van der Waals surface area contributed by atoms with Crippen LogP contribution in [-0.4, -0.2) is 52.0 Å². The van der Waals surface area contributed by atoms with Crippen molar-refractivity contribution < 1.29 is 13.2 Å². The molecule has 0 aromatic carbocycles. The number of halogens is 3. The van der Waals surface area contributed by atoms with Gasteiger partial charge in [-0.05, 0) is 82.5 Å². The van der Waals surface area contributed by atoms with Gasteiger partial charge in [0.15, 0.2) is 23.0 Å². The Morgan fingerprint density at radius 3 is 2.40 bits per heavy atom. The summed E-state index contributed by atoms with van der Waals surface area (Å²) in [6.45, 7) is 13.5. The van der Waals surface area contributed by atoms with Gasteiger partial charge in [-0.3, -0.25) is 0 Å². The Labute approximate surface area is 272 Å². The highest BCUT2D eigenvalue weighted by molar-refractivity contribution is 5.86. The lowest BCUT2D eigenvalue weighted by molar-refractivity contribution is -0.141. The van der Waals surface area contributed by atoms with Gasteiger partial charge in [-0.15, -0.1) is 0 Å². The van der Waals surface area contributed by atoms with Crippen LogP contribution in [0, 0.1) is 35.5 Å². The molecular weight excluding hydrogens is 603 g/mol. The number of aromatic amines is 1. The number of imidazole rings is 2. The van der Waals surface area contributed by atoms with Gasteiger partial charge in [-0.2, -0.15) is 13.2 Å². The quantitative estimate of drug-likeness (QED) is 0.192. The minimum atomic E-state index is -4.44. The van der Waals surface area contributed by atoms with Crippen molar-refractivity contribution in [3.05, 3.63) is 41.3 Å². The van der Waals surface area contributed by atoms with Crippen LogP contribution in [0.5, 0.6) is 0 Å². The van der Waals surface area contributed by atoms with Gasteiger partial charge < -0.3 is 14.5 Å². The van der Waals surface area contributed by atoms with E-state index in [1.807, 2.05) is 20.8 Å². The van der Waals surface area contributed by atoms with Crippen LogP contribution in [-0.2, 0) is 12.6 Å². The highest BCUT2D eigenvalue weighted by atomic mass is 19.4. The van der Waals surface area contributed by atoms with E-state index in [-0.39, 0.29) is 22.8 Å². The van der Waals surface area contributed by atoms with Gasteiger partial charge in [0.1, 0.15) is 23.5 Å². The molecule has 0 radical (unpaired) electrons. The zero-order chi connectivity index (χ0) is 32.8. The second-order valence-electron chi connectivity index (χ2n) is 15.5. The number of nitrogens with zero attached hydrogens (tertiary/aromatic N) is 8. The van der Waals surface area contributed by atoms with Crippen LogP contribution in [0.3, 0.4) is 0 Å². The molecule has 4 heterocycles. The zero-order valence-corrected chi connectivity index (χ0v) is 27.9. The summed E-state index contributed by atoms with van der Waals surface area (Å²) < 4.78 is 42.8. The summed E-state index contributed by atoms with van der Waals surface area (Å²) in [6, 6.07) is 0.317. The Hall–Kier alpha value is -3.57. The van der Waals surface area contributed by atoms with E-state index in [0.717, 1.165) is 79.2 Å². The Morgan fingerprint density at radius 2 is 1.81 bits per heavy atom. The molecule has 4 aromatic heterocycles. The monoisotopic (exact) mass is 645 g/mol. The lowest BCUT2D eigenvalue weighted by Crippen LogP contribution is -2.48. The summed E-state index contributed by atoms with van der Waals surface area (Å²) in [5, 5.41) is 0. The van der Waals surface area contributed by atoms with Crippen LogP contribution < -0.4 is 4.90 Å². The maximum absolute atomic E-state index is 13.7. The molecule has 248 valence electrons. The number of nitrogens with one attached hydrogen (secondary N) is 1. The molecule has 4 aromatic rings. The SMILES string of the molecule is CCc1ncnc(C2CC2)c1-c1nc(N(CC2(C(C)C)C3C4C(c5nc(C(F)(F)F)cn5C(C)C)C[C@@]432)C2CC2)c2[nH]c(C)nc2n1. The number of anilines is 1. The van der Waals surface area contributed by atoms with Crippen LogP contribution in [0.15, 0.2) is 12.5 Å². The van der Waals surface area contributed by atoms with Crippen LogP contribution in [0.1, 0.15) is 113 Å². The molecule has 5 aliphatic rings. The fraction of sp³-hybridized carbons (Fsp3) is 0.657. The second kappa shape index (κ2) is 9.53. The number of hydrogen-bond donors (Lipinski definition) is 1. The van der Waals surface area contributed by atoms with E-state index >= 15 is 0 Å². The fourth-order valence-corrected chi connectivity index (χ4v) is 9.85. The third kappa shape index (κ3) is 4.02. The first-order valence-electron chi connectivity index (χ1n) is 17.4. The van der Waals surface area contributed by atoms with Crippen molar-refractivity contribution in [3.8, 4) is 11.4 Å². The van der Waals surface area contributed by atoms with Gasteiger partial charge in [0.05, 0.1) is 17.0 Å². The van der Waals surface area contributed by atoms with Gasteiger partial charge in [0, 0.05) is 42.1 Å². The number of H-pyrrole nitrogens is 1. The highest BCUT2D eigenvalue weighted by Gasteiger charge is 3.01. The maximum Gasteiger partial charge on any atom is 0.434 e. The number of alkyl halides is 3. The molecule has 5 fully saturated rings. The molecule has 12 heteroatoms. The molecule has 0 amide bonds. The molecule has 9 nitrogen and oxygen atoms in total. The normalized spacial score (nSPS) is 29.3. The molecule has 0 aliphatic heterocycles. The van der Waals surface area contributed by atoms with E-state index in [2.05, 4.69) is 40.6 Å². The minimum Gasteiger partial charge on any atom is -0.351 e. The summed E-state index contributed by atoms with van der Waals surface area (Å²) in [5.41, 5.74) is 4.00. The second-order valence-corrected chi connectivity index (χ2v) is 15.5. The third-order valence-corrected chi connectivity index (χ3v) is 12.3. The first-order valence-corrected chi connectivity index (χ1v) is 17.4. The summed E-state index contributed by atoms with van der Waals surface area (Å²) in [7, 11) is 0. The van der Waals surface area contributed by atoms with Crippen molar-refractivity contribution in [3.63, 3.8) is 0 Å². The van der Waals surface area contributed by atoms with Crippen LogP contribution in [0.25, 0.3) is 22.6 Å². The highest BCUT2D eigenvalue weighted by Crippen LogP contribution is 3.03. The maximum atomic E-state index is 13.7. The average molecular weight is 646 g/mol. The molecule has 5 saturated carbocycles. The smallest absolute Gasteiger partial charge is 0.351 e. The molecule has 9 rings (SSSR count). The number of aromatic nitrogens is 8. The van der Waals surface area contributed by atoms with Crippen molar-refractivity contribution in [1.29, 1.82) is 0 Å². The summed E-state index contributed by atoms with van der Waals surface area (Å²) >= 11 is 0. The summed E-state index contributed by atoms with van der Waals surface area (Å²) in [5.74, 6) is 4.80. The van der Waals surface area contributed by atoms with E-state index in [4.69, 9.17) is 19.9 Å². The zero-order valence-electron chi connectivity index (χ0n) is 27.9. The molecular formula is C35H42F3N9. The van der Waals surface area contributed by atoms with Crippen molar-refractivity contribution in [2.45, 2.75) is 110 Å². The summed E-state index contributed by atoms with van der Waals surface area (Å²) in [6.07, 6.45) is 4.58. The number of hydrogen-bond acceptors (Lipinski definition) is 7. The van der Waals surface area contributed by atoms with Crippen molar-refractivity contribution in [1.82, 2.24) is 39.5 Å². The molecule has 0 saturated heterocycles. The van der Waals surface area contributed by atoms with E-state index in [9.17, 15) is 13.2 Å². The van der Waals surface area contributed by atoms with E-state index in [1.54, 1.807) is 10.9 Å². The largest absolute Gasteiger partial charge is 0.434 e. The number of rotatable bonds is 10. The van der Waals surface area contributed by atoms with E-state index < -0.39 is 11.9 Å². The van der Waals surface area contributed by atoms with E-state index in [0.29, 0.717) is 47.0 Å². The average Bonchev–Trinajstić information content (AvgIpc) is 3.93. The molecule has 1 spiro atoms. The molecule has 5 aliphatic carbocycles. The van der Waals surface area contributed by atoms with Gasteiger partial charge in [-0.1, -0.05) is 20.8 Å². The standard InChI is InChI=1S/C35H42F3N9/c1-7-22-24(26(19-8-9-19)40-15-39-22)29-44-30-27(41-18(6)42-30)32(45-29)47(20-10-11-20)14-34(16(2)3)28-25-21(12-33(25,28)34)31-43-23(35(36,37)38)13-46(31)17(4)5/h13,15-17,19-21,25,28H,7-12,14H2,1-6H3,(H,41,42,44,45)/t21?,25?,28?,33-,34?/m1/s1. The molecule has 0 bridgehead atoms. The minimum absolute atomic E-state index is 0.0728. The van der Waals surface area contributed by atoms with Gasteiger partial charge in [-0.25, -0.2) is 29.9 Å². The third-order valence-electron chi connectivity index (χ3n) is 12.3. The van der Waals surface area contributed by atoms with Gasteiger partial charge in [0.2, 0.25) is 0 Å². The lowest BCUT2D eigenvalue weighted by atomic mass is 9.59. The predicted molar refractivity (Wildman–Crippen MR) is 171 cm³/mol. The number of fused-ring (bicyclic) bond motifs is 2. The van der Waals surface area contributed by atoms with Crippen LogP contribution in [0.4, 0.5) is 19.0 Å². The molecule has 4 unspecified atom stereocenters. The topological polar surface area (TPSA) is 101 Å². The lowest BCUT2D eigenvalue weighted by Gasteiger charge is -2.48. The summed E-state index contributed by atoms with van der Waals surface area (Å²) in [4.78, 5) is 34.8. The van der Waals surface area contributed by atoms with Crippen LogP contribution in [0.2, 0.25) is 0 Å². The first kappa shape index (κ1) is 29.6. The Balaban J connectivity index is 1.08. The van der Waals surface area contributed by atoms with Crippen LogP contribution >= 0.6 is 0 Å². The first-order chi connectivity index (χ1) is 22.4. The van der Waals surface area contributed by atoms with E-state index in [1.165, 1.54) is 6.20 Å². The van der Waals surface area contributed by atoms with Crippen molar-refractivity contribution in [2.24, 2.45) is 28.6 Å². The Morgan fingerprint density at radius 1 is 1.04 bits per heavy atom. The molecule has 1 N–H and O–H groups in total. The fourth-order valence-electron chi connectivity index (χ4n) is 9.85. The molecule has 5 atom stereocenters. The molecule has 47 heavy (non-hydrogen) atoms. The van der Waals surface area contributed by atoms with Crippen molar-refractivity contribution >= 4 is 17.0 Å². The van der Waals surface area contributed by atoms with Gasteiger partial charge >= 0.3 is 6.18 Å². The van der Waals surface area contributed by atoms with Crippen molar-refractivity contribution in [2.75, 3.05) is 11.4 Å². The van der Waals surface area contributed by atoms with Gasteiger partial charge in [0.25, 0.3) is 0 Å². The number of aryl methyl sites for hydroxylation is 2. The Kier molecular flexibility index (Phi) is 5.99. The predicted octanol–water partition coefficient (Wildman–Crippen LogP) is 7.40.